The van der Waals surface area contributed by atoms with E-state index in [0.717, 1.165) is 6.42 Å². The van der Waals surface area contributed by atoms with E-state index in [0.29, 0.717) is 23.6 Å². The molecule has 1 saturated heterocycles. The third kappa shape index (κ3) is 2.70. The number of amides is 1. The maximum Gasteiger partial charge on any atom is 0.270 e. The Balaban J connectivity index is 1.95. The zero-order valence-electron chi connectivity index (χ0n) is 7.98. The first-order valence-corrected chi connectivity index (χ1v) is 5.43. The van der Waals surface area contributed by atoms with Gasteiger partial charge in [0.05, 0.1) is 13.2 Å². The zero-order chi connectivity index (χ0) is 10.7. The Labute approximate surface area is 95.6 Å². The maximum atomic E-state index is 11.5. The fourth-order valence-corrected chi connectivity index (χ4v) is 1.59. The average Bonchev–Trinajstić information content (AvgIpc) is 2.84. The van der Waals surface area contributed by atoms with E-state index in [2.05, 4.69) is 15.9 Å². The number of hydrogen-bond donors (Lipinski definition) is 0. The van der Waals surface area contributed by atoms with Crippen LogP contribution in [0.2, 0.25) is 0 Å². The van der Waals surface area contributed by atoms with Gasteiger partial charge < -0.3 is 4.42 Å². The van der Waals surface area contributed by atoms with Crippen molar-refractivity contribution in [2.75, 3.05) is 13.2 Å². The van der Waals surface area contributed by atoms with Crippen LogP contribution in [0.25, 0.3) is 6.08 Å². The van der Waals surface area contributed by atoms with Crippen molar-refractivity contribution in [1.82, 2.24) is 5.06 Å². The monoisotopic (exact) mass is 271 g/mol. The van der Waals surface area contributed by atoms with Crippen LogP contribution in [0, 0.1) is 0 Å². The Morgan fingerprint density at radius 2 is 2.40 bits per heavy atom. The van der Waals surface area contributed by atoms with Gasteiger partial charge in [-0.3, -0.25) is 9.63 Å². The summed E-state index contributed by atoms with van der Waals surface area (Å²) in [6, 6.07) is 3.55. The van der Waals surface area contributed by atoms with E-state index in [9.17, 15) is 4.79 Å². The molecule has 15 heavy (non-hydrogen) atoms. The van der Waals surface area contributed by atoms with Gasteiger partial charge in [0, 0.05) is 6.08 Å². The smallest absolute Gasteiger partial charge is 0.270 e. The highest BCUT2D eigenvalue weighted by Gasteiger charge is 2.16. The van der Waals surface area contributed by atoms with Crippen LogP contribution in [0.4, 0.5) is 0 Å². The van der Waals surface area contributed by atoms with Crippen molar-refractivity contribution in [2.24, 2.45) is 0 Å². The van der Waals surface area contributed by atoms with Gasteiger partial charge in [-0.05, 0) is 40.6 Å². The van der Waals surface area contributed by atoms with E-state index >= 15 is 0 Å². The van der Waals surface area contributed by atoms with Gasteiger partial charge in [0.2, 0.25) is 0 Å². The van der Waals surface area contributed by atoms with Crippen molar-refractivity contribution in [3.05, 3.63) is 28.6 Å². The van der Waals surface area contributed by atoms with Crippen molar-refractivity contribution in [3.63, 3.8) is 0 Å². The van der Waals surface area contributed by atoms with E-state index < -0.39 is 0 Å². The normalized spacial score (nSPS) is 16.5. The third-order valence-corrected chi connectivity index (χ3v) is 2.41. The second-order valence-electron chi connectivity index (χ2n) is 3.10. The second kappa shape index (κ2) is 4.63. The second-order valence-corrected chi connectivity index (χ2v) is 3.88. The van der Waals surface area contributed by atoms with E-state index in [1.54, 1.807) is 18.2 Å². The summed E-state index contributed by atoms with van der Waals surface area (Å²) in [5.74, 6) is 0.481. The molecule has 4 nitrogen and oxygen atoms in total. The third-order valence-electron chi connectivity index (χ3n) is 1.98. The number of carbonyl (C=O) groups is 1. The molecule has 0 aliphatic carbocycles. The Hall–Kier alpha value is -1.07. The molecule has 0 radical (unpaired) electrons. The Kier molecular flexibility index (Phi) is 3.23. The van der Waals surface area contributed by atoms with Gasteiger partial charge in [-0.15, -0.1) is 0 Å². The number of rotatable bonds is 2. The molecular formula is C10H10BrNO3. The molecule has 2 rings (SSSR count). The standard InChI is InChI=1S/C10H10BrNO3/c11-9-4-2-8(15-9)3-5-10(13)12-6-1-7-14-12/h2-5H,1,6-7H2/b5-3+. The highest BCUT2D eigenvalue weighted by molar-refractivity contribution is 9.10. The van der Waals surface area contributed by atoms with Gasteiger partial charge >= 0.3 is 0 Å². The largest absolute Gasteiger partial charge is 0.450 e. The van der Waals surface area contributed by atoms with Crippen LogP contribution >= 0.6 is 15.9 Å². The van der Waals surface area contributed by atoms with Crippen LogP contribution in [-0.2, 0) is 9.63 Å². The van der Waals surface area contributed by atoms with E-state index in [1.165, 1.54) is 11.1 Å². The summed E-state index contributed by atoms with van der Waals surface area (Å²) in [5.41, 5.74) is 0. The molecule has 1 aliphatic heterocycles. The number of halogens is 1. The lowest BCUT2D eigenvalue weighted by molar-refractivity contribution is -0.162. The minimum absolute atomic E-state index is 0.153. The molecule has 0 aromatic carbocycles. The van der Waals surface area contributed by atoms with Crippen LogP contribution in [0.1, 0.15) is 12.2 Å². The van der Waals surface area contributed by atoms with E-state index in [-0.39, 0.29) is 5.91 Å². The van der Waals surface area contributed by atoms with E-state index in [4.69, 9.17) is 9.25 Å². The lowest BCUT2D eigenvalue weighted by Crippen LogP contribution is -2.24. The fraction of sp³-hybridized carbons (Fsp3) is 0.300. The van der Waals surface area contributed by atoms with Gasteiger partial charge in [0.1, 0.15) is 5.76 Å². The molecule has 0 spiro atoms. The minimum atomic E-state index is -0.153. The summed E-state index contributed by atoms with van der Waals surface area (Å²) in [7, 11) is 0. The molecule has 0 saturated carbocycles. The Morgan fingerprint density at radius 1 is 1.53 bits per heavy atom. The summed E-state index contributed by atoms with van der Waals surface area (Å²) < 4.78 is 5.86. The first-order valence-electron chi connectivity index (χ1n) is 4.63. The van der Waals surface area contributed by atoms with Crippen molar-refractivity contribution < 1.29 is 14.0 Å². The zero-order valence-corrected chi connectivity index (χ0v) is 9.57. The molecule has 1 aromatic rings. The highest BCUT2D eigenvalue weighted by Crippen LogP contribution is 2.15. The van der Waals surface area contributed by atoms with Crippen LogP contribution in [0.15, 0.2) is 27.3 Å². The summed E-state index contributed by atoms with van der Waals surface area (Å²) in [4.78, 5) is 16.6. The molecule has 1 aliphatic rings. The molecule has 5 heteroatoms. The number of hydrogen-bond acceptors (Lipinski definition) is 3. The number of carbonyl (C=O) groups excluding carboxylic acids is 1. The molecule has 80 valence electrons. The summed E-state index contributed by atoms with van der Waals surface area (Å²) in [6.45, 7) is 1.27. The first kappa shape index (κ1) is 10.4. The molecule has 1 fully saturated rings. The predicted molar refractivity (Wildman–Crippen MR) is 57.7 cm³/mol. The molecule has 0 atom stereocenters. The molecule has 0 bridgehead atoms. The van der Waals surface area contributed by atoms with Crippen molar-refractivity contribution in [2.45, 2.75) is 6.42 Å². The molecule has 1 aromatic heterocycles. The van der Waals surface area contributed by atoms with Gasteiger partial charge in [-0.1, -0.05) is 0 Å². The van der Waals surface area contributed by atoms with Crippen LogP contribution in [0.3, 0.4) is 0 Å². The lowest BCUT2D eigenvalue weighted by atomic mass is 10.4. The first-order chi connectivity index (χ1) is 7.25. The predicted octanol–water partition coefficient (Wildman–Crippen LogP) is 2.22. The average molecular weight is 272 g/mol. The molecule has 0 unspecified atom stereocenters. The SMILES string of the molecule is O=C(/C=C/c1ccc(Br)o1)N1CCCO1. The van der Waals surface area contributed by atoms with Crippen molar-refractivity contribution in [1.29, 1.82) is 0 Å². The quantitative estimate of drug-likeness (QED) is 0.775. The molecule has 1 amide bonds. The number of furan rings is 1. The van der Waals surface area contributed by atoms with Gasteiger partial charge in [-0.25, -0.2) is 5.06 Å². The topological polar surface area (TPSA) is 42.7 Å². The van der Waals surface area contributed by atoms with Gasteiger partial charge in [0.25, 0.3) is 5.91 Å². The Morgan fingerprint density at radius 3 is 3.00 bits per heavy atom. The lowest BCUT2D eigenvalue weighted by Gasteiger charge is -2.09. The number of hydroxylamine groups is 2. The number of nitrogens with zero attached hydrogens (tertiary/aromatic N) is 1. The maximum absolute atomic E-state index is 11.5. The summed E-state index contributed by atoms with van der Waals surface area (Å²) in [6.07, 6.45) is 3.96. The molecular weight excluding hydrogens is 262 g/mol. The van der Waals surface area contributed by atoms with Crippen LogP contribution in [-0.4, -0.2) is 24.1 Å². The Bertz CT molecular complexity index is 380. The van der Waals surface area contributed by atoms with Crippen LogP contribution < -0.4 is 0 Å². The highest BCUT2D eigenvalue weighted by atomic mass is 79.9. The molecule has 0 N–H and O–H groups in total. The van der Waals surface area contributed by atoms with Crippen molar-refractivity contribution in [3.8, 4) is 0 Å². The summed E-state index contributed by atoms with van der Waals surface area (Å²) in [5, 5.41) is 1.36. The van der Waals surface area contributed by atoms with Crippen molar-refractivity contribution >= 4 is 27.9 Å². The van der Waals surface area contributed by atoms with Gasteiger partial charge in [0.15, 0.2) is 4.67 Å². The van der Waals surface area contributed by atoms with Gasteiger partial charge in [-0.2, -0.15) is 0 Å². The molecule has 2 heterocycles. The fourth-order valence-electron chi connectivity index (χ4n) is 1.28. The van der Waals surface area contributed by atoms with E-state index in [1.807, 2.05) is 0 Å². The summed E-state index contributed by atoms with van der Waals surface area (Å²) >= 11 is 3.18. The van der Waals surface area contributed by atoms with Crippen LogP contribution in [0.5, 0.6) is 0 Å². The minimum Gasteiger partial charge on any atom is -0.450 e.